The highest BCUT2D eigenvalue weighted by atomic mass is 32.1. The minimum atomic E-state index is -0.941. The summed E-state index contributed by atoms with van der Waals surface area (Å²) in [6.07, 6.45) is 2.51. The Hall–Kier alpha value is -1.40. The van der Waals surface area contributed by atoms with Crippen molar-refractivity contribution in [2.45, 2.75) is 20.0 Å². The van der Waals surface area contributed by atoms with Crippen LogP contribution < -0.4 is 4.74 Å². The van der Waals surface area contributed by atoms with E-state index in [0.29, 0.717) is 12.4 Å². The van der Waals surface area contributed by atoms with E-state index in [1.807, 2.05) is 12.3 Å². The summed E-state index contributed by atoms with van der Waals surface area (Å²) in [6, 6.07) is 1.79. The lowest BCUT2D eigenvalue weighted by atomic mass is 10.3. The molecule has 2 rings (SSSR count). The molecule has 4 nitrogen and oxygen atoms in total. The first-order valence-electron chi connectivity index (χ1n) is 5.08. The Labute approximate surface area is 107 Å². The molecule has 0 bridgehead atoms. The molecule has 6 heteroatoms. The summed E-state index contributed by atoms with van der Waals surface area (Å²) < 4.78 is 5.50. The van der Waals surface area contributed by atoms with Gasteiger partial charge < -0.3 is 9.84 Å². The number of rotatable bonds is 5. The van der Waals surface area contributed by atoms with E-state index in [2.05, 4.69) is 4.98 Å². The normalized spacial score (nSPS) is 10.4. The van der Waals surface area contributed by atoms with Crippen molar-refractivity contribution >= 4 is 28.6 Å². The topological polar surface area (TPSA) is 59.4 Å². The summed E-state index contributed by atoms with van der Waals surface area (Å²) in [7, 11) is 0. The molecule has 0 unspecified atom stereocenters. The van der Waals surface area contributed by atoms with E-state index in [4.69, 9.17) is 9.84 Å². The molecule has 0 saturated carbocycles. The molecule has 0 aliphatic rings. The maximum atomic E-state index is 11.0. The summed E-state index contributed by atoms with van der Waals surface area (Å²) in [5.41, 5.74) is 0. The fourth-order valence-electron chi connectivity index (χ4n) is 1.32. The maximum absolute atomic E-state index is 11.0. The quantitative estimate of drug-likeness (QED) is 0.906. The van der Waals surface area contributed by atoms with E-state index in [9.17, 15) is 4.79 Å². The fourth-order valence-corrected chi connectivity index (χ4v) is 2.72. The van der Waals surface area contributed by atoms with Crippen LogP contribution in [-0.4, -0.2) is 16.1 Å². The fraction of sp³-hybridized carbons (Fsp3) is 0.273. The molecular formula is C11H11NO3S2. The van der Waals surface area contributed by atoms with Crippen molar-refractivity contribution in [2.75, 3.05) is 0 Å². The second kappa shape index (κ2) is 5.29. The van der Waals surface area contributed by atoms with Crippen molar-refractivity contribution in [3.8, 4) is 5.75 Å². The van der Waals surface area contributed by atoms with Gasteiger partial charge in [-0.05, 0) is 12.5 Å². The van der Waals surface area contributed by atoms with Crippen molar-refractivity contribution in [1.82, 2.24) is 4.98 Å². The molecule has 0 amide bonds. The van der Waals surface area contributed by atoms with Gasteiger partial charge in [0.25, 0.3) is 0 Å². The van der Waals surface area contributed by atoms with Crippen LogP contribution in [-0.2, 0) is 13.0 Å². The number of aryl methyl sites for hydroxylation is 1. The van der Waals surface area contributed by atoms with Gasteiger partial charge in [-0.25, -0.2) is 9.78 Å². The van der Waals surface area contributed by atoms with Crippen LogP contribution in [0.15, 0.2) is 17.6 Å². The minimum absolute atomic E-state index is 0.262. The smallest absolute Gasteiger partial charge is 0.349 e. The highest BCUT2D eigenvalue weighted by molar-refractivity contribution is 7.14. The van der Waals surface area contributed by atoms with Gasteiger partial charge in [-0.1, -0.05) is 6.92 Å². The van der Waals surface area contributed by atoms with Crippen molar-refractivity contribution in [1.29, 1.82) is 0 Å². The van der Waals surface area contributed by atoms with Gasteiger partial charge in [-0.3, -0.25) is 0 Å². The molecule has 0 atom stereocenters. The van der Waals surface area contributed by atoms with Gasteiger partial charge in [-0.2, -0.15) is 0 Å². The largest absolute Gasteiger partial charge is 0.485 e. The molecule has 90 valence electrons. The van der Waals surface area contributed by atoms with Crippen LogP contribution in [0.3, 0.4) is 0 Å². The van der Waals surface area contributed by atoms with Gasteiger partial charge in [0.05, 0.1) is 0 Å². The third kappa shape index (κ3) is 2.83. The molecule has 0 aliphatic heterocycles. The Balaban J connectivity index is 2.13. The van der Waals surface area contributed by atoms with E-state index in [1.54, 1.807) is 12.3 Å². The van der Waals surface area contributed by atoms with Gasteiger partial charge in [0.2, 0.25) is 0 Å². The van der Waals surface area contributed by atoms with E-state index in [1.165, 1.54) is 22.7 Å². The van der Waals surface area contributed by atoms with Crippen LogP contribution in [0.4, 0.5) is 0 Å². The number of carboxylic acids is 1. The summed E-state index contributed by atoms with van der Waals surface area (Å²) in [6.45, 7) is 2.31. The van der Waals surface area contributed by atoms with Gasteiger partial charge in [-0.15, -0.1) is 22.7 Å². The lowest BCUT2D eigenvalue weighted by molar-refractivity contribution is 0.0697. The number of thiophene rings is 1. The van der Waals surface area contributed by atoms with Crippen LogP contribution in [0.25, 0.3) is 0 Å². The van der Waals surface area contributed by atoms with Crippen molar-refractivity contribution in [3.05, 3.63) is 32.4 Å². The number of carbonyl (C=O) groups is 1. The Morgan fingerprint density at radius 3 is 3.00 bits per heavy atom. The standard InChI is InChI=1S/C11H11NO3S2/c1-2-7-5-8(10(17-7)11(13)14)15-6-9-12-3-4-16-9/h3-5H,2,6H2,1H3,(H,13,14). The summed E-state index contributed by atoms with van der Waals surface area (Å²) in [5.74, 6) is -0.501. The number of hydrogen-bond acceptors (Lipinski definition) is 5. The van der Waals surface area contributed by atoms with E-state index in [0.717, 1.165) is 16.3 Å². The third-order valence-electron chi connectivity index (χ3n) is 2.13. The zero-order valence-electron chi connectivity index (χ0n) is 9.17. The second-order valence-corrected chi connectivity index (χ2v) is 5.40. The number of nitrogens with zero attached hydrogens (tertiary/aromatic N) is 1. The number of hydrogen-bond donors (Lipinski definition) is 1. The predicted molar refractivity (Wildman–Crippen MR) is 67.1 cm³/mol. The molecule has 1 N–H and O–H groups in total. The van der Waals surface area contributed by atoms with Gasteiger partial charge in [0.15, 0.2) is 4.88 Å². The minimum Gasteiger partial charge on any atom is -0.485 e. The van der Waals surface area contributed by atoms with E-state index >= 15 is 0 Å². The van der Waals surface area contributed by atoms with Crippen LogP contribution in [0.5, 0.6) is 5.75 Å². The number of aromatic nitrogens is 1. The van der Waals surface area contributed by atoms with Crippen LogP contribution in [0.1, 0.15) is 26.5 Å². The molecule has 0 saturated heterocycles. The number of ether oxygens (including phenoxy) is 1. The maximum Gasteiger partial charge on any atom is 0.349 e. The van der Waals surface area contributed by atoms with Crippen LogP contribution >= 0.6 is 22.7 Å². The zero-order chi connectivity index (χ0) is 12.3. The Bertz CT molecular complexity index is 505. The number of carboxylic acid groups (broad SMARTS) is 1. The van der Waals surface area contributed by atoms with E-state index in [-0.39, 0.29) is 4.88 Å². The lowest BCUT2D eigenvalue weighted by Gasteiger charge is -2.02. The first-order valence-corrected chi connectivity index (χ1v) is 6.77. The molecule has 2 aromatic rings. The highest BCUT2D eigenvalue weighted by Gasteiger charge is 2.16. The summed E-state index contributed by atoms with van der Waals surface area (Å²) in [5, 5.41) is 11.8. The molecule has 17 heavy (non-hydrogen) atoms. The Morgan fingerprint density at radius 1 is 1.59 bits per heavy atom. The average molecular weight is 269 g/mol. The van der Waals surface area contributed by atoms with Gasteiger partial charge in [0, 0.05) is 16.5 Å². The molecule has 0 radical (unpaired) electrons. The number of thiazole rings is 1. The SMILES string of the molecule is CCc1cc(OCc2nccs2)c(C(=O)O)s1. The highest BCUT2D eigenvalue weighted by Crippen LogP contribution is 2.30. The number of aromatic carboxylic acids is 1. The molecular weight excluding hydrogens is 258 g/mol. The molecule has 0 spiro atoms. The molecule has 0 aromatic carbocycles. The predicted octanol–water partition coefficient (Wildman–Crippen LogP) is 3.04. The molecule has 0 aliphatic carbocycles. The lowest BCUT2D eigenvalue weighted by Crippen LogP contribution is -1.99. The first-order chi connectivity index (χ1) is 8.20. The monoisotopic (exact) mass is 269 g/mol. The third-order valence-corrected chi connectivity index (χ3v) is 4.13. The zero-order valence-corrected chi connectivity index (χ0v) is 10.8. The van der Waals surface area contributed by atoms with E-state index < -0.39 is 5.97 Å². The van der Waals surface area contributed by atoms with Crippen molar-refractivity contribution < 1.29 is 14.6 Å². The van der Waals surface area contributed by atoms with Crippen molar-refractivity contribution in [3.63, 3.8) is 0 Å². The molecule has 0 fully saturated rings. The van der Waals surface area contributed by atoms with Gasteiger partial charge in [0.1, 0.15) is 17.4 Å². The first kappa shape index (κ1) is 12.1. The second-order valence-electron chi connectivity index (χ2n) is 3.28. The van der Waals surface area contributed by atoms with Crippen molar-refractivity contribution in [2.24, 2.45) is 0 Å². The van der Waals surface area contributed by atoms with Gasteiger partial charge >= 0.3 is 5.97 Å². The van der Waals surface area contributed by atoms with Crippen LogP contribution in [0, 0.1) is 0 Å². The summed E-state index contributed by atoms with van der Waals surface area (Å²) in [4.78, 5) is 16.4. The summed E-state index contributed by atoms with van der Waals surface area (Å²) >= 11 is 2.75. The Kier molecular flexibility index (Phi) is 3.75. The molecule has 2 heterocycles. The van der Waals surface area contributed by atoms with Crippen LogP contribution in [0.2, 0.25) is 0 Å². The Morgan fingerprint density at radius 2 is 2.41 bits per heavy atom. The average Bonchev–Trinajstić information content (AvgIpc) is 2.95. The molecule has 2 aromatic heterocycles.